The van der Waals surface area contributed by atoms with Gasteiger partial charge in [0, 0.05) is 16.6 Å². The second-order valence-electron chi connectivity index (χ2n) is 9.93. The Hall–Kier alpha value is -3.42. The van der Waals surface area contributed by atoms with Crippen molar-refractivity contribution >= 4 is 27.9 Å². The van der Waals surface area contributed by atoms with Crippen molar-refractivity contribution in [3.8, 4) is 0 Å². The zero-order chi connectivity index (χ0) is 25.5. The standard InChI is InChI=1S/C30H28FN3O2S/c1-18-10-11-21(19(2)14-18)15-22-17-36-34-30(33-22)28-24-6-3-4-8-25(24)32-16-27(28)37(35)26-9-5-7-23(29(26)31)20-12-13-20/h3-11,14,16,20,22H,12-13,15,17H2,1-2H3,(H,33,34). The van der Waals surface area contributed by atoms with Gasteiger partial charge in [0.15, 0.2) is 21.4 Å². The highest BCUT2D eigenvalue weighted by Crippen LogP contribution is 2.43. The minimum Gasteiger partial charge on any atom is -0.606 e. The maximum Gasteiger partial charge on any atom is 0.194 e. The summed E-state index contributed by atoms with van der Waals surface area (Å²) in [6.45, 7) is 4.61. The average Bonchev–Trinajstić information content (AvgIpc) is 3.75. The van der Waals surface area contributed by atoms with E-state index < -0.39 is 11.2 Å². The zero-order valence-electron chi connectivity index (χ0n) is 20.8. The summed E-state index contributed by atoms with van der Waals surface area (Å²) >= 11 is -1.80. The molecule has 1 saturated carbocycles. The topological polar surface area (TPSA) is 69.6 Å². The molecular weight excluding hydrogens is 485 g/mol. The number of para-hydroxylation sites is 1. The molecule has 1 N–H and O–H groups in total. The summed E-state index contributed by atoms with van der Waals surface area (Å²) in [5.74, 6) is 0.321. The van der Waals surface area contributed by atoms with Crippen LogP contribution in [0.3, 0.4) is 0 Å². The summed E-state index contributed by atoms with van der Waals surface area (Å²) in [5, 5.41) is 8.65. The number of pyridine rings is 1. The van der Waals surface area contributed by atoms with Crippen LogP contribution >= 0.6 is 0 Å². The number of aryl methyl sites for hydroxylation is 2. The van der Waals surface area contributed by atoms with Crippen LogP contribution in [0.4, 0.5) is 4.39 Å². The number of halogens is 1. The SMILES string of the molecule is Cc1ccc(CC2CON=C(c3c([S+]([O-])c4cccc(C5CC5)c4F)cnc4ccccc34)N2)c(C)c1. The number of aromatic nitrogens is 1. The number of fused-ring (bicyclic) bond motifs is 1. The van der Waals surface area contributed by atoms with Gasteiger partial charge in [0.2, 0.25) is 0 Å². The molecule has 1 aromatic heterocycles. The number of benzene rings is 3. The van der Waals surface area contributed by atoms with E-state index in [9.17, 15) is 4.55 Å². The van der Waals surface area contributed by atoms with E-state index in [1.165, 1.54) is 16.7 Å². The maximum atomic E-state index is 15.5. The van der Waals surface area contributed by atoms with Gasteiger partial charge in [0.05, 0.1) is 23.3 Å². The van der Waals surface area contributed by atoms with Gasteiger partial charge in [0.25, 0.3) is 0 Å². The van der Waals surface area contributed by atoms with Gasteiger partial charge in [-0.3, -0.25) is 4.98 Å². The fourth-order valence-electron chi connectivity index (χ4n) is 5.03. The first-order valence-corrected chi connectivity index (χ1v) is 13.8. The van der Waals surface area contributed by atoms with E-state index in [2.05, 4.69) is 47.5 Å². The lowest BCUT2D eigenvalue weighted by molar-refractivity contribution is 0.109. The Kier molecular flexibility index (Phi) is 6.34. The van der Waals surface area contributed by atoms with Gasteiger partial charge in [-0.2, -0.15) is 0 Å². The molecule has 2 heterocycles. The highest BCUT2D eigenvalue weighted by molar-refractivity contribution is 7.91. The van der Waals surface area contributed by atoms with Crippen molar-refractivity contribution < 1.29 is 13.8 Å². The molecule has 0 amide bonds. The van der Waals surface area contributed by atoms with E-state index in [1.54, 1.807) is 24.4 Å². The number of hydrogen-bond acceptors (Lipinski definition) is 5. The second-order valence-corrected chi connectivity index (χ2v) is 11.3. The van der Waals surface area contributed by atoms with Crippen molar-refractivity contribution in [2.24, 2.45) is 5.16 Å². The third-order valence-corrected chi connectivity index (χ3v) is 8.55. The monoisotopic (exact) mass is 513 g/mol. The van der Waals surface area contributed by atoms with Gasteiger partial charge in [-0.05, 0) is 67.9 Å². The lowest BCUT2D eigenvalue weighted by Gasteiger charge is -2.26. The predicted octanol–water partition coefficient (Wildman–Crippen LogP) is 5.93. The van der Waals surface area contributed by atoms with E-state index in [1.807, 2.05) is 24.3 Å². The molecule has 1 fully saturated rings. The molecule has 1 aliphatic carbocycles. The van der Waals surface area contributed by atoms with Crippen LogP contribution in [0, 0.1) is 19.7 Å². The molecule has 5 nitrogen and oxygen atoms in total. The van der Waals surface area contributed by atoms with E-state index in [4.69, 9.17) is 4.84 Å². The van der Waals surface area contributed by atoms with E-state index in [0.717, 1.165) is 30.2 Å². The molecule has 0 radical (unpaired) electrons. The lowest BCUT2D eigenvalue weighted by Crippen LogP contribution is -2.44. The Labute approximate surface area is 218 Å². The van der Waals surface area contributed by atoms with E-state index in [-0.39, 0.29) is 22.7 Å². The Balaban J connectivity index is 1.39. The Morgan fingerprint density at radius 3 is 2.70 bits per heavy atom. The van der Waals surface area contributed by atoms with Gasteiger partial charge in [0.1, 0.15) is 6.61 Å². The average molecular weight is 514 g/mol. The van der Waals surface area contributed by atoms with Gasteiger partial charge in [-0.1, -0.05) is 59.3 Å². The summed E-state index contributed by atoms with van der Waals surface area (Å²) < 4.78 is 29.4. The quantitative estimate of drug-likeness (QED) is 0.325. The minimum atomic E-state index is -1.80. The second kappa shape index (κ2) is 9.80. The third-order valence-electron chi connectivity index (χ3n) is 7.12. The van der Waals surface area contributed by atoms with Crippen molar-refractivity contribution in [2.75, 3.05) is 6.61 Å². The van der Waals surface area contributed by atoms with Crippen LogP contribution < -0.4 is 5.32 Å². The normalized spacial score (nSPS) is 18.2. The fraction of sp³-hybridized carbons (Fsp3) is 0.267. The van der Waals surface area contributed by atoms with Crippen LogP contribution in [0.2, 0.25) is 0 Å². The maximum absolute atomic E-state index is 15.5. The molecule has 7 heteroatoms. The molecule has 37 heavy (non-hydrogen) atoms. The molecule has 2 atom stereocenters. The highest BCUT2D eigenvalue weighted by atomic mass is 32.2. The molecule has 188 valence electrons. The van der Waals surface area contributed by atoms with Gasteiger partial charge in [-0.15, -0.1) is 0 Å². The van der Waals surface area contributed by atoms with Crippen molar-refractivity contribution in [1.82, 2.24) is 10.3 Å². The number of nitrogens with one attached hydrogen (secondary N) is 1. The number of amidine groups is 1. The number of oxime groups is 1. The number of hydrogen-bond donors (Lipinski definition) is 1. The predicted molar refractivity (Wildman–Crippen MR) is 144 cm³/mol. The third kappa shape index (κ3) is 4.69. The molecule has 1 aliphatic heterocycles. The van der Waals surface area contributed by atoms with Crippen LogP contribution in [0.5, 0.6) is 0 Å². The molecule has 0 spiro atoms. The van der Waals surface area contributed by atoms with E-state index >= 15 is 4.39 Å². The lowest BCUT2D eigenvalue weighted by atomic mass is 9.99. The smallest absolute Gasteiger partial charge is 0.194 e. The summed E-state index contributed by atoms with van der Waals surface area (Å²) in [7, 11) is 0. The molecule has 0 saturated heterocycles. The molecule has 0 bridgehead atoms. The molecule has 2 unspecified atom stereocenters. The molecule has 3 aromatic carbocycles. The zero-order valence-corrected chi connectivity index (χ0v) is 21.6. The van der Waals surface area contributed by atoms with Crippen molar-refractivity contribution in [2.45, 2.75) is 54.9 Å². The summed E-state index contributed by atoms with van der Waals surface area (Å²) in [4.78, 5) is 10.8. The first-order chi connectivity index (χ1) is 18.0. The largest absolute Gasteiger partial charge is 0.606 e. The first kappa shape index (κ1) is 23.9. The van der Waals surface area contributed by atoms with Crippen LogP contribution in [-0.4, -0.2) is 28.0 Å². The van der Waals surface area contributed by atoms with Crippen molar-refractivity contribution in [3.63, 3.8) is 0 Å². The summed E-state index contributed by atoms with van der Waals surface area (Å²) in [6.07, 6.45) is 4.27. The van der Waals surface area contributed by atoms with Crippen LogP contribution in [0.1, 0.15) is 46.6 Å². The van der Waals surface area contributed by atoms with Gasteiger partial charge < -0.3 is 14.7 Å². The Morgan fingerprint density at radius 1 is 1.05 bits per heavy atom. The number of nitrogens with zero attached hydrogens (tertiary/aromatic N) is 2. The molecule has 6 rings (SSSR count). The van der Waals surface area contributed by atoms with Crippen LogP contribution in [0.15, 0.2) is 81.8 Å². The van der Waals surface area contributed by atoms with Crippen molar-refractivity contribution in [3.05, 3.63) is 100 Å². The van der Waals surface area contributed by atoms with Gasteiger partial charge in [-0.25, -0.2) is 4.39 Å². The van der Waals surface area contributed by atoms with Gasteiger partial charge >= 0.3 is 0 Å². The Morgan fingerprint density at radius 2 is 1.89 bits per heavy atom. The Bertz CT molecular complexity index is 1520. The minimum absolute atomic E-state index is 0.0305. The molecule has 4 aromatic rings. The summed E-state index contributed by atoms with van der Waals surface area (Å²) in [5.41, 5.74) is 5.70. The van der Waals surface area contributed by atoms with Crippen LogP contribution in [0.25, 0.3) is 10.9 Å². The number of rotatable bonds is 6. The van der Waals surface area contributed by atoms with Crippen LogP contribution in [-0.2, 0) is 22.4 Å². The highest BCUT2D eigenvalue weighted by Gasteiger charge is 2.34. The fourth-order valence-corrected chi connectivity index (χ4v) is 6.29. The van der Waals surface area contributed by atoms with E-state index in [0.29, 0.717) is 28.5 Å². The first-order valence-electron chi connectivity index (χ1n) is 12.6. The molecule has 2 aliphatic rings. The summed E-state index contributed by atoms with van der Waals surface area (Å²) in [6, 6.07) is 19.2. The molecular formula is C30H28FN3O2S. The van der Waals surface area contributed by atoms with Crippen molar-refractivity contribution in [1.29, 1.82) is 0 Å².